The smallest absolute Gasteiger partial charge is 0.337 e. The number of hydrogen-bond donors (Lipinski definition) is 5. The second kappa shape index (κ2) is 12.4. The third-order valence-corrected chi connectivity index (χ3v) is 6.93. The van der Waals surface area contributed by atoms with Crippen LogP contribution < -0.4 is 0 Å². The number of aliphatic hydroxyl groups is 4. The average molecular weight is 553 g/mol. The van der Waals surface area contributed by atoms with Gasteiger partial charge in [-0.1, -0.05) is 12.1 Å². The van der Waals surface area contributed by atoms with E-state index in [-0.39, 0.29) is 17.7 Å². The van der Waals surface area contributed by atoms with Crippen LogP contribution in [0.2, 0.25) is 0 Å². The first-order valence-corrected chi connectivity index (χ1v) is 12.4. The molecule has 4 rings (SSSR count). The second-order valence-electron chi connectivity index (χ2n) is 9.49. The number of benzene rings is 1. The normalized spacial score (nSPS) is 36.4. The zero-order valence-corrected chi connectivity index (χ0v) is 21.2. The van der Waals surface area contributed by atoms with Crippen LogP contribution in [0.1, 0.15) is 18.9 Å². The van der Waals surface area contributed by atoms with Gasteiger partial charge in [0.05, 0.1) is 31.0 Å². The molecule has 0 aromatic heterocycles. The van der Waals surface area contributed by atoms with Crippen molar-refractivity contribution in [3.8, 4) is 5.75 Å². The van der Waals surface area contributed by atoms with Gasteiger partial charge in [-0.3, -0.25) is 0 Å². The average Bonchev–Trinajstić information content (AvgIpc) is 2.91. The van der Waals surface area contributed by atoms with Gasteiger partial charge in [0.15, 0.2) is 12.6 Å². The van der Waals surface area contributed by atoms with Gasteiger partial charge in [-0.25, -0.2) is 9.59 Å². The minimum Gasteiger partial charge on any atom is -0.508 e. The number of carbonyl (C=O) groups excluding carboxylic acids is 2. The summed E-state index contributed by atoms with van der Waals surface area (Å²) in [6, 6.07) is 6.09. The molecule has 10 atom stereocenters. The Labute approximate surface area is 223 Å². The quantitative estimate of drug-likeness (QED) is 0.216. The first kappa shape index (κ1) is 29.0. The Bertz CT molecular complexity index is 1070. The van der Waals surface area contributed by atoms with Gasteiger partial charge in [-0.15, -0.1) is 0 Å². The molecule has 0 aliphatic carbocycles. The first-order valence-electron chi connectivity index (χ1n) is 12.4. The minimum atomic E-state index is -1.71. The van der Waals surface area contributed by atoms with E-state index in [0.717, 1.165) is 12.3 Å². The van der Waals surface area contributed by atoms with E-state index in [9.17, 15) is 35.1 Å². The molecule has 39 heavy (non-hydrogen) atoms. The van der Waals surface area contributed by atoms with Crippen molar-refractivity contribution in [1.82, 2.24) is 0 Å². The van der Waals surface area contributed by atoms with Crippen LogP contribution in [0.15, 0.2) is 42.2 Å². The maximum atomic E-state index is 12.3. The van der Waals surface area contributed by atoms with Crippen molar-refractivity contribution in [3.63, 3.8) is 0 Å². The zero-order chi connectivity index (χ0) is 28.3. The van der Waals surface area contributed by atoms with E-state index in [1.54, 1.807) is 19.1 Å². The molecule has 3 aliphatic heterocycles. The Morgan fingerprint density at radius 1 is 1.03 bits per heavy atom. The van der Waals surface area contributed by atoms with Crippen molar-refractivity contribution in [3.05, 3.63) is 47.7 Å². The van der Waals surface area contributed by atoms with Crippen molar-refractivity contribution in [1.29, 1.82) is 0 Å². The van der Waals surface area contributed by atoms with Crippen molar-refractivity contribution < 1.29 is 63.5 Å². The molecule has 0 saturated carbocycles. The molecule has 13 heteroatoms. The molecular weight excluding hydrogens is 520 g/mol. The van der Waals surface area contributed by atoms with Crippen LogP contribution in [-0.2, 0) is 38.0 Å². The summed E-state index contributed by atoms with van der Waals surface area (Å²) in [5, 5.41) is 50.8. The van der Waals surface area contributed by atoms with Crippen molar-refractivity contribution in [2.45, 2.75) is 62.7 Å². The molecule has 2 saturated heterocycles. The highest BCUT2D eigenvalue weighted by Crippen LogP contribution is 2.42. The van der Waals surface area contributed by atoms with E-state index in [1.807, 2.05) is 0 Å². The van der Waals surface area contributed by atoms with Crippen molar-refractivity contribution in [2.75, 3.05) is 13.7 Å². The third kappa shape index (κ3) is 6.58. The van der Waals surface area contributed by atoms with E-state index in [1.165, 1.54) is 25.3 Å². The molecule has 5 N–H and O–H groups in total. The fourth-order valence-corrected chi connectivity index (χ4v) is 4.86. The highest BCUT2D eigenvalue weighted by molar-refractivity contribution is 5.89. The van der Waals surface area contributed by atoms with Crippen LogP contribution in [0.3, 0.4) is 0 Å². The Balaban J connectivity index is 1.42. The zero-order valence-electron chi connectivity index (χ0n) is 21.2. The Morgan fingerprint density at radius 2 is 1.74 bits per heavy atom. The van der Waals surface area contributed by atoms with Gasteiger partial charge in [0.2, 0.25) is 6.29 Å². The summed E-state index contributed by atoms with van der Waals surface area (Å²) < 4.78 is 32.6. The largest absolute Gasteiger partial charge is 0.508 e. The third-order valence-electron chi connectivity index (χ3n) is 6.93. The van der Waals surface area contributed by atoms with Gasteiger partial charge in [0.1, 0.15) is 36.8 Å². The number of ether oxygens (including phenoxy) is 6. The first-order chi connectivity index (χ1) is 18.6. The molecule has 0 radical (unpaired) electrons. The summed E-state index contributed by atoms with van der Waals surface area (Å²) in [4.78, 5) is 24.4. The van der Waals surface area contributed by atoms with E-state index < -0.39 is 79.8 Å². The number of aromatic hydroxyl groups is 1. The summed E-state index contributed by atoms with van der Waals surface area (Å²) in [6.07, 6.45) is -6.89. The van der Waals surface area contributed by atoms with Crippen LogP contribution in [0, 0.1) is 11.8 Å². The van der Waals surface area contributed by atoms with Gasteiger partial charge < -0.3 is 54.0 Å². The molecule has 1 aromatic carbocycles. The molecule has 0 spiro atoms. The minimum absolute atomic E-state index is 0.0603. The number of phenolic OH excluding ortho intramolecular Hbond substituents is 1. The van der Waals surface area contributed by atoms with E-state index in [0.29, 0.717) is 5.56 Å². The van der Waals surface area contributed by atoms with Crippen molar-refractivity contribution in [2.24, 2.45) is 11.8 Å². The van der Waals surface area contributed by atoms with Crippen LogP contribution in [-0.4, -0.2) is 101 Å². The summed E-state index contributed by atoms with van der Waals surface area (Å²) in [5.74, 6) is -2.52. The van der Waals surface area contributed by atoms with Gasteiger partial charge >= 0.3 is 11.9 Å². The molecule has 214 valence electrons. The summed E-state index contributed by atoms with van der Waals surface area (Å²) in [5.41, 5.74) is 0.816. The predicted octanol–water partition coefficient (Wildman–Crippen LogP) is -0.454. The number of methoxy groups -OCH3 is 1. The maximum absolute atomic E-state index is 12.3. The molecule has 13 nitrogen and oxygen atoms in total. The van der Waals surface area contributed by atoms with Gasteiger partial charge in [0, 0.05) is 18.4 Å². The van der Waals surface area contributed by atoms with E-state index in [2.05, 4.69) is 0 Å². The molecule has 2 fully saturated rings. The van der Waals surface area contributed by atoms with Gasteiger partial charge in [-0.05, 0) is 30.7 Å². The number of esters is 2. The highest BCUT2D eigenvalue weighted by Gasteiger charge is 2.51. The predicted molar refractivity (Wildman–Crippen MR) is 129 cm³/mol. The standard InChI is InChI=1S/C26H32O13/c1-12-20-15(9-19(29)37-12)16(24(33)34-2)10-36-25(20)39-26-23(32)22(31)21(30)17(38-26)11-35-18(28)8-5-13-3-6-14(27)7-4-13/h3-8,10,12,15,17,19-23,25-27,29-32H,9,11H2,1-2H3/b8-5+/t12-,15+,17+,19-,20+,21+,22-,23+,25+,26-/m0/s1. The fourth-order valence-electron chi connectivity index (χ4n) is 4.86. The number of carbonyl (C=O) groups is 2. The lowest BCUT2D eigenvalue weighted by Crippen LogP contribution is -2.61. The maximum Gasteiger partial charge on any atom is 0.337 e. The number of phenols is 1. The summed E-state index contributed by atoms with van der Waals surface area (Å²) in [7, 11) is 1.22. The molecule has 0 unspecified atom stereocenters. The lowest BCUT2D eigenvalue weighted by atomic mass is 9.77. The lowest BCUT2D eigenvalue weighted by Gasteiger charge is -2.47. The van der Waals surface area contributed by atoms with Crippen molar-refractivity contribution >= 4 is 18.0 Å². The van der Waals surface area contributed by atoms with Crippen LogP contribution in [0.5, 0.6) is 5.75 Å². The molecule has 1 aromatic rings. The lowest BCUT2D eigenvalue weighted by molar-refractivity contribution is -0.352. The van der Waals surface area contributed by atoms with E-state index in [4.69, 9.17) is 28.4 Å². The van der Waals surface area contributed by atoms with Gasteiger partial charge in [0.25, 0.3) is 0 Å². The fraction of sp³-hybridized carbons (Fsp3) is 0.538. The Hall–Kier alpha value is -3.04. The monoisotopic (exact) mass is 552 g/mol. The number of aliphatic hydroxyl groups excluding tert-OH is 4. The van der Waals surface area contributed by atoms with Gasteiger partial charge in [-0.2, -0.15) is 0 Å². The van der Waals surface area contributed by atoms with Crippen LogP contribution in [0.4, 0.5) is 0 Å². The Kier molecular flexibility index (Phi) is 9.23. The molecule has 3 aliphatic rings. The Morgan fingerprint density at radius 3 is 2.44 bits per heavy atom. The number of hydrogen-bond acceptors (Lipinski definition) is 13. The SMILES string of the molecule is COC(=O)C1=CO[C@H](O[C@@H]2O[C@H](COC(=O)/C=C/c3ccc(O)cc3)[C@@H](O)[C@H](O)[C@H]2O)[C@@H]2[C@H](C)O[C@H](O)C[C@H]12. The summed E-state index contributed by atoms with van der Waals surface area (Å²) >= 11 is 0. The number of rotatable bonds is 7. The highest BCUT2D eigenvalue weighted by atomic mass is 16.8. The molecular formula is C26H32O13. The van der Waals surface area contributed by atoms with Crippen LogP contribution in [0.25, 0.3) is 6.08 Å². The van der Waals surface area contributed by atoms with Crippen LogP contribution >= 0.6 is 0 Å². The van der Waals surface area contributed by atoms with E-state index >= 15 is 0 Å². The molecule has 0 bridgehead atoms. The summed E-state index contributed by atoms with van der Waals surface area (Å²) in [6.45, 7) is 1.18. The topological polar surface area (TPSA) is 191 Å². The molecule has 0 amide bonds. The number of fused-ring (bicyclic) bond motifs is 1. The molecule has 3 heterocycles. The second-order valence-corrected chi connectivity index (χ2v) is 9.49.